The number of guanidine groups is 1. The first-order chi connectivity index (χ1) is 13.6. The zero-order valence-electron chi connectivity index (χ0n) is 17.4. The van der Waals surface area contributed by atoms with Crippen LogP contribution >= 0.6 is 0 Å². The molecule has 0 aromatic heterocycles. The van der Waals surface area contributed by atoms with Crippen LogP contribution in [0.2, 0.25) is 0 Å². The van der Waals surface area contributed by atoms with Crippen molar-refractivity contribution in [2.75, 3.05) is 46.9 Å². The Hall–Kier alpha value is -2.28. The standard InChI is InChI=1S/C21H34N4O3/c1-4-12-27-18-8-5-7-17(14-18)10-11-22-21(24-16-20(26)25(2)3)23-15-19-9-6-13-28-19/h5,7-8,14,19H,4,6,9-13,15-16H2,1-3H3,(H2,22,23,24). The van der Waals surface area contributed by atoms with Crippen LogP contribution in [0.5, 0.6) is 5.75 Å². The second-order valence-corrected chi connectivity index (χ2v) is 7.14. The third-order valence-electron chi connectivity index (χ3n) is 4.47. The van der Waals surface area contributed by atoms with Crippen LogP contribution in [0.15, 0.2) is 29.3 Å². The average Bonchev–Trinajstić information content (AvgIpc) is 3.21. The largest absolute Gasteiger partial charge is 0.494 e. The fraction of sp³-hybridized carbons (Fsp3) is 0.619. The van der Waals surface area contributed by atoms with Gasteiger partial charge < -0.3 is 25.0 Å². The molecule has 0 radical (unpaired) electrons. The zero-order chi connectivity index (χ0) is 20.2. The molecule has 28 heavy (non-hydrogen) atoms. The molecule has 1 heterocycles. The van der Waals surface area contributed by atoms with Crippen molar-refractivity contribution >= 4 is 11.9 Å². The topological polar surface area (TPSA) is 75.2 Å². The average molecular weight is 391 g/mol. The molecule has 1 atom stereocenters. The van der Waals surface area contributed by atoms with Crippen LogP contribution in [0.3, 0.4) is 0 Å². The molecule has 0 bridgehead atoms. The molecule has 1 aliphatic rings. The van der Waals surface area contributed by atoms with E-state index in [1.807, 2.05) is 12.1 Å². The van der Waals surface area contributed by atoms with Crippen LogP contribution in [-0.4, -0.2) is 69.8 Å². The number of nitrogens with zero attached hydrogens (tertiary/aromatic N) is 2. The van der Waals surface area contributed by atoms with Crippen molar-refractivity contribution in [2.24, 2.45) is 4.99 Å². The van der Waals surface area contributed by atoms with E-state index in [4.69, 9.17) is 9.47 Å². The molecule has 0 spiro atoms. The smallest absolute Gasteiger partial charge is 0.243 e. The molecule has 1 aliphatic heterocycles. The van der Waals surface area contributed by atoms with Gasteiger partial charge in [0.2, 0.25) is 5.91 Å². The van der Waals surface area contributed by atoms with Crippen molar-refractivity contribution in [1.82, 2.24) is 15.5 Å². The maximum atomic E-state index is 11.9. The van der Waals surface area contributed by atoms with Crippen LogP contribution in [0.25, 0.3) is 0 Å². The molecule has 0 saturated carbocycles. The zero-order valence-corrected chi connectivity index (χ0v) is 17.4. The van der Waals surface area contributed by atoms with Gasteiger partial charge in [-0.05, 0) is 43.4 Å². The number of hydrogen-bond acceptors (Lipinski definition) is 4. The van der Waals surface area contributed by atoms with Crippen LogP contribution in [-0.2, 0) is 16.0 Å². The lowest BCUT2D eigenvalue weighted by molar-refractivity contribution is -0.127. The highest BCUT2D eigenvalue weighted by Crippen LogP contribution is 2.14. The minimum Gasteiger partial charge on any atom is -0.494 e. The summed E-state index contributed by atoms with van der Waals surface area (Å²) in [7, 11) is 3.47. The molecule has 7 nitrogen and oxygen atoms in total. The normalized spacial score (nSPS) is 16.7. The molecule has 1 fully saturated rings. The monoisotopic (exact) mass is 390 g/mol. The van der Waals surface area contributed by atoms with Gasteiger partial charge >= 0.3 is 0 Å². The Morgan fingerprint density at radius 3 is 2.93 bits per heavy atom. The van der Waals surface area contributed by atoms with E-state index in [1.54, 1.807) is 19.0 Å². The van der Waals surface area contributed by atoms with Gasteiger partial charge in [0.05, 0.1) is 12.7 Å². The Morgan fingerprint density at radius 2 is 2.21 bits per heavy atom. The van der Waals surface area contributed by atoms with Crippen molar-refractivity contribution in [3.05, 3.63) is 29.8 Å². The fourth-order valence-electron chi connectivity index (χ4n) is 2.81. The Balaban J connectivity index is 1.86. The van der Waals surface area contributed by atoms with E-state index in [-0.39, 0.29) is 18.6 Å². The summed E-state index contributed by atoms with van der Waals surface area (Å²) in [6.45, 7) is 5.17. The number of hydrogen-bond donors (Lipinski definition) is 2. The van der Waals surface area contributed by atoms with Gasteiger partial charge in [0, 0.05) is 33.8 Å². The number of carbonyl (C=O) groups excluding carboxylic acids is 1. The van der Waals surface area contributed by atoms with E-state index in [9.17, 15) is 4.79 Å². The number of likely N-dealkylation sites (N-methyl/N-ethyl adjacent to an activating group) is 1. The number of ether oxygens (including phenoxy) is 2. The number of carbonyl (C=O) groups is 1. The minimum atomic E-state index is -0.0287. The summed E-state index contributed by atoms with van der Waals surface area (Å²) in [5.74, 6) is 1.52. The SMILES string of the molecule is CCCOc1cccc(CCNC(=NCC(=O)N(C)C)NCC2CCCO2)c1. The fourth-order valence-corrected chi connectivity index (χ4v) is 2.81. The predicted molar refractivity (Wildman–Crippen MR) is 112 cm³/mol. The molecule has 1 unspecified atom stereocenters. The summed E-state index contributed by atoms with van der Waals surface area (Å²) >= 11 is 0. The molecule has 1 amide bonds. The highest BCUT2D eigenvalue weighted by molar-refractivity contribution is 5.84. The lowest BCUT2D eigenvalue weighted by atomic mass is 10.1. The van der Waals surface area contributed by atoms with Crippen LogP contribution in [0.1, 0.15) is 31.7 Å². The molecule has 2 rings (SSSR count). The number of benzene rings is 1. The van der Waals surface area contributed by atoms with Gasteiger partial charge in [-0.25, -0.2) is 4.99 Å². The van der Waals surface area contributed by atoms with Crippen molar-refractivity contribution < 1.29 is 14.3 Å². The maximum absolute atomic E-state index is 11.9. The van der Waals surface area contributed by atoms with E-state index in [2.05, 4.69) is 34.7 Å². The lowest BCUT2D eigenvalue weighted by Crippen LogP contribution is -2.42. The number of nitrogens with one attached hydrogen (secondary N) is 2. The summed E-state index contributed by atoms with van der Waals surface area (Å²) in [4.78, 5) is 17.8. The van der Waals surface area contributed by atoms with Gasteiger partial charge in [-0.15, -0.1) is 0 Å². The highest BCUT2D eigenvalue weighted by Gasteiger charge is 2.15. The molecule has 2 N–H and O–H groups in total. The summed E-state index contributed by atoms with van der Waals surface area (Å²) in [5, 5.41) is 6.62. The first kappa shape index (κ1) is 22.0. The number of amides is 1. The van der Waals surface area contributed by atoms with Gasteiger partial charge in [-0.3, -0.25) is 4.79 Å². The first-order valence-corrected chi connectivity index (χ1v) is 10.1. The van der Waals surface area contributed by atoms with E-state index in [0.29, 0.717) is 19.0 Å². The summed E-state index contributed by atoms with van der Waals surface area (Å²) in [5.41, 5.74) is 1.20. The van der Waals surface area contributed by atoms with Gasteiger partial charge in [-0.1, -0.05) is 19.1 Å². The molecule has 0 aliphatic carbocycles. The Kier molecular flexibility index (Phi) is 9.62. The van der Waals surface area contributed by atoms with Crippen LogP contribution in [0.4, 0.5) is 0 Å². The van der Waals surface area contributed by atoms with E-state index in [1.165, 1.54) is 5.56 Å². The van der Waals surface area contributed by atoms with E-state index >= 15 is 0 Å². The number of aliphatic imine (C=N–C) groups is 1. The Bertz CT molecular complexity index is 628. The van der Waals surface area contributed by atoms with Gasteiger partial charge in [0.15, 0.2) is 5.96 Å². The van der Waals surface area contributed by atoms with Crippen molar-refractivity contribution in [2.45, 2.75) is 38.7 Å². The second-order valence-electron chi connectivity index (χ2n) is 7.14. The third kappa shape index (κ3) is 8.17. The molecule has 156 valence electrons. The number of rotatable bonds is 10. The molecule has 1 aromatic rings. The minimum absolute atomic E-state index is 0.0287. The third-order valence-corrected chi connectivity index (χ3v) is 4.47. The summed E-state index contributed by atoms with van der Waals surface area (Å²) in [6, 6.07) is 8.16. The highest BCUT2D eigenvalue weighted by atomic mass is 16.5. The van der Waals surface area contributed by atoms with E-state index < -0.39 is 0 Å². The molecule has 1 saturated heterocycles. The lowest BCUT2D eigenvalue weighted by Gasteiger charge is -2.16. The van der Waals surface area contributed by atoms with Crippen molar-refractivity contribution in [3.63, 3.8) is 0 Å². The van der Waals surface area contributed by atoms with E-state index in [0.717, 1.165) is 44.6 Å². The maximum Gasteiger partial charge on any atom is 0.243 e. The molecule has 1 aromatic carbocycles. The van der Waals surface area contributed by atoms with Gasteiger partial charge in [0.1, 0.15) is 12.3 Å². The molecular formula is C21H34N4O3. The van der Waals surface area contributed by atoms with Crippen molar-refractivity contribution in [3.8, 4) is 5.75 Å². The van der Waals surface area contributed by atoms with Crippen LogP contribution < -0.4 is 15.4 Å². The van der Waals surface area contributed by atoms with Gasteiger partial charge in [0.25, 0.3) is 0 Å². The van der Waals surface area contributed by atoms with Crippen molar-refractivity contribution in [1.29, 1.82) is 0 Å². The molecular weight excluding hydrogens is 356 g/mol. The first-order valence-electron chi connectivity index (χ1n) is 10.1. The quantitative estimate of drug-likeness (QED) is 0.471. The Labute approximate surface area is 168 Å². The summed E-state index contributed by atoms with van der Waals surface area (Å²) in [6.07, 6.45) is 4.20. The summed E-state index contributed by atoms with van der Waals surface area (Å²) < 4.78 is 11.3. The second kappa shape index (κ2) is 12.2. The van der Waals surface area contributed by atoms with Gasteiger partial charge in [-0.2, -0.15) is 0 Å². The Morgan fingerprint density at radius 1 is 1.36 bits per heavy atom. The molecule has 7 heteroatoms. The predicted octanol–water partition coefficient (Wildman–Crippen LogP) is 1.82. The van der Waals surface area contributed by atoms with Crippen LogP contribution in [0, 0.1) is 0 Å².